The molecule has 6 aromatic heterocycles. The first-order valence-corrected chi connectivity index (χ1v) is 16.6. The van der Waals surface area contributed by atoms with Gasteiger partial charge in [-0.05, 0) is 60.7 Å². The molecule has 0 amide bonds. The summed E-state index contributed by atoms with van der Waals surface area (Å²) in [6.45, 7) is 0. The highest BCUT2D eigenvalue weighted by molar-refractivity contribution is 6.22. The van der Waals surface area contributed by atoms with Crippen molar-refractivity contribution in [3.63, 3.8) is 0 Å². The quantitative estimate of drug-likeness (QED) is 0.192. The van der Waals surface area contributed by atoms with Gasteiger partial charge in [0.25, 0.3) is 0 Å². The van der Waals surface area contributed by atoms with Crippen molar-refractivity contribution in [2.45, 2.75) is 0 Å². The van der Waals surface area contributed by atoms with Gasteiger partial charge in [0.05, 0.1) is 45.2 Å². The molecule has 0 bridgehead atoms. The highest BCUT2D eigenvalue weighted by Gasteiger charge is 2.25. The van der Waals surface area contributed by atoms with Crippen molar-refractivity contribution in [2.75, 3.05) is 0 Å². The third-order valence-electron chi connectivity index (χ3n) is 9.86. The molecule has 0 N–H and O–H groups in total. The van der Waals surface area contributed by atoms with Gasteiger partial charge in [-0.25, -0.2) is 19.9 Å². The number of hydrogen-bond acceptors (Lipinski definition) is 4. The molecule has 50 heavy (non-hydrogen) atoms. The molecule has 0 unspecified atom stereocenters. The maximum absolute atomic E-state index is 4.83. The van der Waals surface area contributed by atoms with E-state index in [4.69, 9.17) is 9.97 Å². The van der Waals surface area contributed by atoms with Crippen LogP contribution in [-0.2, 0) is 0 Å². The zero-order valence-electron chi connectivity index (χ0n) is 26.6. The molecule has 0 saturated carbocycles. The van der Waals surface area contributed by atoms with Crippen molar-refractivity contribution in [3.05, 3.63) is 159 Å². The van der Waals surface area contributed by atoms with Gasteiger partial charge in [-0.15, -0.1) is 0 Å². The fraction of sp³-hybridized carbons (Fsp3) is 0. The SMILES string of the molecule is c1ccc(-n2c3ccccc3c3c4ncncc4n(-c4ccc(-n5c6cncnc6c6c7ccccc7n(-c7ccccc7)c65)cc4)c32)cc1. The summed E-state index contributed by atoms with van der Waals surface area (Å²) in [6.07, 6.45) is 7.11. The zero-order chi connectivity index (χ0) is 32.8. The molecule has 0 spiro atoms. The molecule has 11 aromatic rings. The van der Waals surface area contributed by atoms with Crippen molar-refractivity contribution in [1.82, 2.24) is 38.2 Å². The van der Waals surface area contributed by atoms with Gasteiger partial charge in [-0.2, -0.15) is 0 Å². The molecule has 0 aliphatic carbocycles. The van der Waals surface area contributed by atoms with E-state index in [0.29, 0.717) is 0 Å². The first kappa shape index (κ1) is 26.9. The van der Waals surface area contributed by atoms with Crippen LogP contribution in [0.1, 0.15) is 0 Å². The molecule has 0 fully saturated rings. The Kier molecular flexibility index (Phi) is 5.51. The van der Waals surface area contributed by atoms with Crippen LogP contribution in [0, 0.1) is 0 Å². The maximum atomic E-state index is 4.83. The van der Waals surface area contributed by atoms with Crippen LogP contribution in [0.2, 0.25) is 0 Å². The maximum Gasteiger partial charge on any atom is 0.133 e. The van der Waals surface area contributed by atoms with Crippen LogP contribution in [0.25, 0.3) is 88.7 Å². The predicted molar refractivity (Wildman–Crippen MR) is 200 cm³/mol. The molecule has 8 heteroatoms. The minimum atomic E-state index is 0.924. The number of aromatic nitrogens is 8. The summed E-state index contributed by atoms with van der Waals surface area (Å²) in [7, 11) is 0. The van der Waals surface area contributed by atoms with Crippen molar-refractivity contribution in [1.29, 1.82) is 0 Å². The van der Waals surface area contributed by atoms with Crippen LogP contribution in [0.5, 0.6) is 0 Å². The lowest BCUT2D eigenvalue weighted by Crippen LogP contribution is -2.04. The highest BCUT2D eigenvalue weighted by atomic mass is 15.2. The van der Waals surface area contributed by atoms with E-state index in [-0.39, 0.29) is 0 Å². The normalized spacial score (nSPS) is 12.0. The van der Waals surface area contributed by atoms with Crippen molar-refractivity contribution in [3.8, 4) is 22.7 Å². The molecule has 6 heterocycles. The topological polar surface area (TPSA) is 71.3 Å². The van der Waals surface area contributed by atoms with E-state index in [1.807, 2.05) is 12.4 Å². The third kappa shape index (κ3) is 3.59. The molecule has 0 aliphatic heterocycles. The average molecular weight is 643 g/mol. The Hall–Kier alpha value is -7.06. The second-order valence-electron chi connectivity index (χ2n) is 12.5. The first-order valence-electron chi connectivity index (χ1n) is 16.6. The molecule has 5 aromatic carbocycles. The summed E-state index contributed by atoms with van der Waals surface area (Å²) >= 11 is 0. The number of rotatable bonds is 4. The minimum Gasteiger partial charge on any atom is -0.295 e. The van der Waals surface area contributed by atoms with Crippen molar-refractivity contribution < 1.29 is 0 Å². The van der Waals surface area contributed by atoms with E-state index in [9.17, 15) is 0 Å². The van der Waals surface area contributed by atoms with Crippen LogP contribution in [0.3, 0.4) is 0 Å². The average Bonchev–Trinajstić information content (AvgIpc) is 3.90. The number of fused-ring (bicyclic) bond motifs is 10. The minimum absolute atomic E-state index is 0.924. The van der Waals surface area contributed by atoms with Gasteiger partial charge in [0.15, 0.2) is 0 Å². The fourth-order valence-electron chi connectivity index (χ4n) is 7.88. The standard InChI is InChI=1S/C42H26N8/c1-3-11-27(12-4-1)47-33-17-9-7-15-31(33)37-39-35(23-43-25-45-39)49(41(37)47)29-19-21-30(22-20-29)50-36-24-44-26-46-40(36)38-32-16-8-10-18-34(32)48(42(38)50)28-13-5-2-6-14-28/h1-26H. The van der Waals surface area contributed by atoms with E-state index >= 15 is 0 Å². The summed E-state index contributed by atoms with van der Waals surface area (Å²) in [4.78, 5) is 18.6. The summed E-state index contributed by atoms with van der Waals surface area (Å²) in [5.74, 6) is 0. The number of benzene rings is 5. The Morgan fingerprint density at radius 1 is 0.340 bits per heavy atom. The number of nitrogens with zero attached hydrogens (tertiary/aromatic N) is 8. The van der Waals surface area contributed by atoms with Crippen molar-refractivity contribution >= 4 is 65.9 Å². The molecule has 0 atom stereocenters. The van der Waals surface area contributed by atoms with E-state index in [1.165, 1.54) is 0 Å². The summed E-state index contributed by atoms with van der Waals surface area (Å²) in [5, 5.41) is 4.52. The first-order chi connectivity index (χ1) is 24.9. The lowest BCUT2D eigenvalue weighted by Gasteiger charge is -2.15. The van der Waals surface area contributed by atoms with Gasteiger partial charge in [-0.1, -0.05) is 72.8 Å². The van der Waals surface area contributed by atoms with E-state index in [0.717, 1.165) is 88.7 Å². The van der Waals surface area contributed by atoms with E-state index in [2.05, 4.69) is 162 Å². The monoisotopic (exact) mass is 642 g/mol. The molecular formula is C42H26N8. The summed E-state index contributed by atoms with van der Waals surface area (Å²) < 4.78 is 9.24. The lowest BCUT2D eigenvalue weighted by molar-refractivity contribution is 1.04. The van der Waals surface area contributed by atoms with Crippen LogP contribution in [0.15, 0.2) is 159 Å². The van der Waals surface area contributed by atoms with Gasteiger partial charge >= 0.3 is 0 Å². The second kappa shape index (κ2) is 10.2. The Morgan fingerprint density at radius 2 is 0.700 bits per heavy atom. The molecule has 0 radical (unpaired) electrons. The predicted octanol–water partition coefficient (Wildman–Crippen LogP) is 9.35. The number of para-hydroxylation sites is 4. The van der Waals surface area contributed by atoms with E-state index in [1.54, 1.807) is 12.7 Å². The summed E-state index contributed by atoms with van der Waals surface area (Å²) in [5.41, 5.74) is 12.3. The lowest BCUT2D eigenvalue weighted by atomic mass is 10.2. The largest absolute Gasteiger partial charge is 0.295 e. The molecule has 0 saturated heterocycles. The van der Waals surface area contributed by atoms with Crippen LogP contribution < -0.4 is 0 Å². The molecule has 234 valence electrons. The van der Waals surface area contributed by atoms with Gasteiger partial charge in [-0.3, -0.25) is 18.3 Å². The van der Waals surface area contributed by atoms with Crippen LogP contribution in [0.4, 0.5) is 0 Å². The van der Waals surface area contributed by atoms with Gasteiger partial charge < -0.3 is 0 Å². The van der Waals surface area contributed by atoms with Crippen LogP contribution >= 0.6 is 0 Å². The van der Waals surface area contributed by atoms with Gasteiger partial charge in [0.1, 0.15) is 35.0 Å². The number of hydrogen-bond donors (Lipinski definition) is 0. The van der Waals surface area contributed by atoms with E-state index < -0.39 is 0 Å². The van der Waals surface area contributed by atoms with Crippen molar-refractivity contribution in [2.24, 2.45) is 0 Å². The summed E-state index contributed by atoms with van der Waals surface area (Å²) in [6, 6.07) is 46.9. The van der Waals surface area contributed by atoms with Gasteiger partial charge in [0.2, 0.25) is 0 Å². The van der Waals surface area contributed by atoms with Crippen LogP contribution in [-0.4, -0.2) is 38.2 Å². The molecule has 0 aliphatic rings. The fourth-order valence-corrected chi connectivity index (χ4v) is 7.88. The molecular weight excluding hydrogens is 617 g/mol. The Labute approximate surface area is 284 Å². The van der Waals surface area contributed by atoms with Gasteiger partial charge in [0, 0.05) is 33.5 Å². The second-order valence-corrected chi connectivity index (χ2v) is 12.5. The Balaban J connectivity index is 1.21. The molecule has 11 rings (SSSR count). The Morgan fingerprint density at radius 3 is 1.14 bits per heavy atom. The highest BCUT2D eigenvalue weighted by Crippen LogP contribution is 2.42. The Bertz CT molecular complexity index is 2860. The zero-order valence-corrected chi connectivity index (χ0v) is 26.6. The molecule has 8 nitrogen and oxygen atoms in total. The third-order valence-corrected chi connectivity index (χ3v) is 9.86. The smallest absolute Gasteiger partial charge is 0.133 e.